The highest BCUT2D eigenvalue weighted by molar-refractivity contribution is 6.31. The van der Waals surface area contributed by atoms with Crippen LogP contribution in [0.2, 0.25) is 5.02 Å². The smallest absolute Gasteiger partial charge is 0.264 e. The van der Waals surface area contributed by atoms with Crippen LogP contribution in [0.1, 0.15) is 39.0 Å². The highest BCUT2D eigenvalue weighted by Crippen LogP contribution is 2.44. The van der Waals surface area contributed by atoms with E-state index in [1.165, 1.54) is 0 Å². The maximum Gasteiger partial charge on any atom is 0.264 e. The van der Waals surface area contributed by atoms with Crippen LogP contribution in [0.25, 0.3) is 0 Å². The second-order valence-electron chi connectivity index (χ2n) is 8.13. The summed E-state index contributed by atoms with van der Waals surface area (Å²) in [7, 11) is 0. The summed E-state index contributed by atoms with van der Waals surface area (Å²) in [6, 6.07) is 20.4. The lowest BCUT2D eigenvalue weighted by Crippen LogP contribution is -2.42. The maximum absolute atomic E-state index is 13.4. The van der Waals surface area contributed by atoms with Crippen molar-refractivity contribution >= 4 is 29.0 Å². The zero-order valence-electron chi connectivity index (χ0n) is 17.6. The van der Waals surface area contributed by atoms with Crippen molar-refractivity contribution in [2.45, 2.75) is 32.3 Å². The number of rotatable bonds is 6. The van der Waals surface area contributed by atoms with Gasteiger partial charge < -0.3 is 10.0 Å². The fourth-order valence-electron chi connectivity index (χ4n) is 4.26. The van der Waals surface area contributed by atoms with Gasteiger partial charge in [-0.2, -0.15) is 0 Å². The van der Waals surface area contributed by atoms with Gasteiger partial charge in [0.05, 0.1) is 12.1 Å². The number of hydrogen-bond donors (Lipinski definition) is 1. The lowest BCUT2D eigenvalue weighted by molar-refractivity contribution is -0.135. The standard InChI is InChI=1S/C26H24ClNO3/c1-17-8-10-21(18(2)14-17)24(29)16-26(31)22-15-20(27)9-11-23(22)28(25(26)30)13-12-19-6-4-3-5-7-19/h3-11,14-15,31H,12-13,16H2,1-2H3. The van der Waals surface area contributed by atoms with Crippen molar-refractivity contribution < 1.29 is 14.7 Å². The Kier molecular flexibility index (Phi) is 5.69. The van der Waals surface area contributed by atoms with E-state index in [1.54, 1.807) is 29.2 Å². The molecule has 1 unspecified atom stereocenters. The number of halogens is 1. The molecular weight excluding hydrogens is 410 g/mol. The van der Waals surface area contributed by atoms with Gasteiger partial charge in [-0.25, -0.2) is 0 Å². The number of amides is 1. The van der Waals surface area contributed by atoms with Crippen LogP contribution >= 0.6 is 11.6 Å². The Morgan fingerprint density at radius 1 is 1.03 bits per heavy atom. The SMILES string of the molecule is Cc1ccc(C(=O)CC2(O)C(=O)N(CCc3ccccc3)c3ccc(Cl)cc32)c(C)c1. The molecule has 1 aliphatic rings. The van der Waals surface area contributed by atoms with Crippen molar-refractivity contribution in [2.75, 3.05) is 11.4 Å². The minimum atomic E-state index is -1.94. The highest BCUT2D eigenvalue weighted by Gasteiger charge is 2.51. The summed E-state index contributed by atoms with van der Waals surface area (Å²) in [5, 5.41) is 11.9. The Hall–Kier alpha value is -2.95. The van der Waals surface area contributed by atoms with Crippen LogP contribution in [0.5, 0.6) is 0 Å². The molecule has 0 fully saturated rings. The average Bonchev–Trinajstić information content (AvgIpc) is 2.93. The predicted molar refractivity (Wildman–Crippen MR) is 123 cm³/mol. The monoisotopic (exact) mass is 433 g/mol. The van der Waals surface area contributed by atoms with Crippen LogP contribution in [-0.4, -0.2) is 23.3 Å². The fourth-order valence-corrected chi connectivity index (χ4v) is 4.43. The summed E-state index contributed by atoms with van der Waals surface area (Å²) in [6.45, 7) is 4.22. The molecule has 1 amide bonds. The molecule has 0 bridgehead atoms. The van der Waals surface area contributed by atoms with Gasteiger partial charge in [0.2, 0.25) is 0 Å². The molecule has 1 heterocycles. The number of carbonyl (C=O) groups excluding carboxylic acids is 2. The first-order valence-electron chi connectivity index (χ1n) is 10.3. The molecule has 0 saturated carbocycles. The highest BCUT2D eigenvalue weighted by atomic mass is 35.5. The number of ketones is 1. The van der Waals surface area contributed by atoms with Crippen molar-refractivity contribution in [3.63, 3.8) is 0 Å². The molecule has 4 nitrogen and oxygen atoms in total. The lowest BCUT2D eigenvalue weighted by Gasteiger charge is -2.23. The molecule has 0 aliphatic carbocycles. The molecule has 1 aliphatic heterocycles. The van der Waals surface area contributed by atoms with Gasteiger partial charge in [-0.15, -0.1) is 0 Å². The largest absolute Gasteiger partial charge is 0.375 e. The van der Waals surface area contributed by atoms with Crippen molar-refractivity contribution in [2.24, 2.45) is 0 Å². The Morgan fingerprint density at radius 2 is 1.77 bits per heavy atom. The van der Waals surface area contributed by atoms with E-state index in [2.05, 4.69) is 0 Å². The van der Waals surface area contributed by atoms with Crippen molar-refractivity contribution in [3.05, 3.63) is 99.6 Å². The maximum atomic E-state index is 13.4. The summed E-state index contributed by atoms with van der Waals surface area (Å²) in [5.41, 5.74) is 2.52. The van der Waals surface area contributed by atoms with Gasteiger partial charge in [0.1, 0.15) is 0 Å². The molecule has 1 atom stereocenters. The Morgan fingerprint density at radius 3 is 2.48 bits per heavy atom. The average molecular weight is 434 g/mol. The van der Waals surface area contributed by atoms with Gasteiger partial charge in [-0.3, -0.25) is 9.59 Å². The number of Topliss-reactive ketones (excluding diaryl/α,β-unsaturated/α-hetero) is 1. The number of nitrogens with zero attached hydrogens (tertiary/aromatic N) is 1. The summed E-state index contributed by atoms with van der Waals surface area (Å²) < 4.78 is 0. The molecule has 0 spiro atoms. The Labute approximate surface area is 187 Å². The summed E-state index contributed by atoms with van der Waals surface area (Å²) in [5.74, 6) is -0.761. The molecule has 0 saturated heterocycles. The molecule has 158 valence electrons. The molecule has 4 rings (SSSR count). The van der Waals surface area contributed by atoms with Gasteiger partial charge in [-0.1, -0.05) is 65.7 Å². The molecule has 3 aromatic rings. The molecule has 5 heteroatoms. The summed E-state index contributed by atoms with van der Waals surface area (Å²) >= 11 is 6.19. The molecule has 3 aromatic carbocycles. The first-order chi connectivity index (χ1) is 14.8. The molecular formula is C26H24ClNO3. The first-order valence-corrected chi connectivity index (χ1v) is 10.7. The van der Waals surface area contributed by atoms with E-state index in [0.717, 1.165) is 16.7 Å². The third-order valence-corrected chi connectivity index (χ3v) is 6.09. The van der Waals surface area contributed by atoms with Crippen LogP contribution < -0.4 is 4.90 Å². The van der Waals surface area contributed by atoms with E-state index < -0.39 is 11.5 Å². The van der Waals surface area contributed by atoms with Crippen LogP contribution in [0, 0.1) is 13.8 Å². The third kappa shape index (κ3) is 4.01. The number of hydrogen-bond acceptors (Lipinski definition) is 3. The number of fused-ring (bicyclic) bond motifs is 1. The number of aliphatic hydroxyl groups is 1. The van der Waals surface area contributed by atoms with Gasteiger partial charge in [-0.05, 0) is 49.6 Å². The Balaban J connectivity index is 1.66. The summed E-state index contributed by atoms with van der Waals surface area (Å²) in [6.07, 6.45) is 0.306. The topological polar surface area (TPSA) is 57.6 Å². The zero-order valence-corrected chi connectivity index (χ0v) is 18.3. The van der Waals surface area contributed by atoms with Crippen molar-refractivity contribution in [1.82, 2.24) is 0 Å². The van der Waals surface area contributed by atoms with Gasteiger partial charge in [0, 0.05) is 22.7 Å². The normalized spacial score (nSPS) is 17.7. The molecule has 0 radical (unpaired) electrons. The van der Waals surface area contributed by atoms with E-state index in [-0.39, 0.29) is 12.2 Å². The second-order valence-corrected chi connectivity index (χ2v) is 8.57. The lowest BCUT2D eigenvalue weighted by atomic mass is 9.87. The minimum Gasteiger partial charge on any atom is -0.375 e. The summed E-state index contributed by atoms with van der Waals surface area (Å²) in [4.78, 5) is 28.1. The van der Waals surface area contributed by atoms with Gasteiger partial charge in [0.25, 0.3) is 5.91 Å². The fraction of sp³-hybridized carbons (Fsp3) is 0.231. The second kappa shape index (κ2) is 8.29. The quantitative estimate of drug-likeness (QED) is 0.556. The van der Waals surface area contributed by atoms with Crippen LogP contribution in [-0.2, 0) is 16.8 Å². The van der Waals surface area contributed by atoms with E-state index in [1.807, 2.05) is 56.3 Å². The molecule has 1 N–H and O–H groups in total. The minimum absolute atomic E-state index is 0.274. The predicted octanol–water partition coefficient (Wildman–Crippen LogP) is 5.01. The number of carbonyl (C=O) groups is 2. The van der Waals surface area contributed by atoms with Gasteiger partial charge >= 0.3 is 0 Å². The Bertz CT molecular complexity index is 1160. The number of anilines is 1. The van der Waals surface area contributed by atoms with E-state index in [4.69, 9.17) is 11.6 Å². The van der Waals surface area contributed by atoms with E-state index in [0.29, 0.717) is 34.8 Å². The van der Waals surface area contributed by atoms with Crippen molar-refractivity contribution in [3.8, 4) is 0 Å². The van der Waals surface area contributed by atoms with Crippen LogP contribution in [0.15, 0.2) is 66.7 Å². The zero-order chi connectivity index (χ0) is 22.2. The van der Waals surface area contributed by atoms with E-state index >= 15 is 0 Å². The molecule has 0 aromatic heterocycles. The van der Waals surface area contributed by atoms with Gasteiger partial charge in [0.15, 0.2) is 11.4 Å². The first kappa shape index (κ1) is 21.3. The third-order valence-electron chi connectivity index (χ3n) is 5.86. The van der Waals surface area contributed by atoms with Crippen LogP contribution in [0.3, 0.4) is 0 Å². The molecule has 31 heavy (non-hydrogen) atoms. The number of aryl methyl sites for hydroxylation is 2. The van der Waals surface area contributed by atoms with Crippen LogP contribution in [0.4, 0.5) is 5.69 Å². The van der Waals surface area contributed by atoms with Crippen molar-refractivity contribution in [1.29, 1.82) is 0 Å². The van der Waals surface area contributed by atoms with E-state index in [9.17, 15) is 14.7 Å². The number of benzene rings is 3.